The molecule has 0 unspecified atom stereocenters. The molecule has 0 aromatic heterocycles. The zero-order chi connectivity index (χ0) is 16.6. The first-order valence-electron chi connectivity index (χ1n) is 7.81. The van der Waals surface area contributed by atoms with Crippen LogP contribution in [0.15, 0.2) is 48.5 Å². The second kappa shape index (κ2) is 5.98. The highest BCUT2D eigenvalue weighted by Gasteiger charge is 2.32. The zero-order valence-electron chi connectivity index (χ0n) is 13.7. The van der Waals surface area contributed by atoms with Gasteiger partial charge in [0.25, 0.3) is 0 Å². The van der Waals surface area contributed by atoms with Gasteiger partial charge in [0.05, 0.1) is 12.2 Å². The zero-order valence-corrected chi connectivity index (χ0v) is 14.5. The number of hydrogen-bond donors (Lipinski definition) is 0. The Morgan fingerprint density at radius 3 is 2.17 bits per heavy atom. The van der Waals surface area contributed by atoms with Crippen molar-refractivity contribution in [2.24, 2.45) is 0 Å². The number of nitrogens with zero attached hydrogens (tertiary/aromatic N) is 2. The van der Waals surface area contributed by atoms with Crippen LogP contribution in [0.25, 0.3) is 0 Å². The molecule has 0 saturated carbocycles. The fourth-order valence-electron chi connectivity index (χ4n) is 2.86. The summed E-state index contributed by atoms with van der Waals surface area (Å²) in [6, 6.07) is 15.7. The lowest BCUT2D eigenvalue weighted by atomic mass is 10.0. The Morgan fingerprint density at radius 1 is 0.957 bits per heavy atom. The van der Waals surface area contributed by atoms with E-state index in [2.05, 4.69) is 6.07 Å². The van der Waals surface area contributed by atoms with Crippen molar-refractivity contribution in [3.63, 3.8) is 0 Å². The van der Waals surface area contributed by atoms with Crippen molar-refractivity contribution in [1.29, 1.82) is 0 Å². The van der Waals surface area contributed by atoms with Gasteiger partial charge in [-0.1, -0.05) is 42.5 Å². The van der Waals surface area contributed by atoms with Gasteiger partial charge >= 0.3 is 10.2 Å². The van der Waals surface area contributed by atoms with E-state index in [-0.39, 0.29) is 6.04 Å². The van der Waals surface area contributed by atoms with Crippen molar-refractivity contribution in [3.8, 4) is 0 Å². The van der Waals surface area contributed by atoms with Gasteiger partial charge in [0.1, 0.15) is 0 Å². The Morgan fingerprint density at radius 2 is 1.52 bits per heavy atom. The summed E-state index contributed by atoms with van der Waals surface area (Å²) < 4.78 is 29.2. The minimum atomic E-state index is -3.57. The largest absolute Gasteiger partial charge is 0.304 e. The first-order valence-corrected chi connectivity index (χ1v) is 9.21. The molecule has 0 atom stereocenters. The average Bonchev–Trinajstić information content (AvgIpc) is 2.70. The predicted octanol–water partition coefficient (Wildman–Crippen LogP) is 3.18. The van der Waals surface area contributed by atoms with Crippen LogP contribution in [0.5, 0.6) is 0 Å². The van der Waals surface area contributed by atoms with E-state index >= 15 is 0 Å². The summed E-state index contributed by atoms with van der Waals surface area (Å²) >= 11 is 0. The van der Waals surface area contributed by atoms with E-state index in [4.69, 9.17) is 0 Å². The number of rotatable bonds is 3. The average molecular weight is 330 g/mol. The quantitative estimate of drug-likeness (QED) is 0.867. The Kier molecular flexibility index (Phi) is 4.17. The smallest absolute Gasteiger partial charge is 0.253 e. The molecule has 4 nitrogen and oxygen atoms in total. The summed E-state index contributed by atoms with van der Waals surface area (Å²) in [5.74, 6) is 0. The molecule has 5 heteroatoms. The van der Waals surface area contributed by atoms with Gasteiger partial charge in [-0.25, -0.2) is 0 Å². The highest BCUT2D eigenvalue weighted by atomic mass is 32.2. The summed E-state index contributed by atoms with van der Waals surface area (Å²) in [5.41, 5.74) is 4.06. The number of hydrogen-bond acceptors (Lipinski definition) is 2. The summed E-state index contributed by atoms with van der Waals surface area (Å²) in [7, 11) is -1.94. The molecule has 0 amide bonds. The van der Waals surface area contributed by atoms with E-state index in [9.17, 15) is 8.42 Å². The first kappa shape index (κ1) is 16.0. The lowest BCUT2D eigenvalue weighted by Gasteiger charge is -2.31. The third-order valence-electron chi connectivity index (χ3n) is 4.44. The molecular weight excluding hydrogens is 308 g/mol. The Hall–Kier alpha value is -1.85. The molecular formula is C18H22N2O2S. The molecule has 0 spiro atoms. The van der Waals surface area contributed by atoms with Gasteiger partial charge in [-0.2, -0.15) is 12.7 Å². The molecule has 1 aliphatic heterocycles. The minimum absolute atomic E-state index is 0.0920. The molecule has 3 rings (SSSR count). The van der Waals surface area contributed by atoms with Crippen LogP contribution in [-0.2, 0) is 23.2 Å². The van der Waals surface area contributed by atoms with E-state index in [1.54, 1.807) is 7.05 Å². The standard InChI is InChI=1S/C18H22N2O2S/c1-14(2)19(3)23(21,22)20-13-17-10-5-4-8-15(17)12-16-9-6-7-11-18(16)20/h4-11,14H,12-13H2,1-3H3. The number of benzene rings is 2. The van der Waals surface area contributed by atoms with Gasteiger partial charge in [-0.3, -0.25) is 4.31 Å². The van der Waals surface area contributed by atoms with Gasteiger partial charge in [0.15, 0.2) is 0 Å². The van der Waals surface area contributed by atoms with Crippen molar-refractivity contribution < 1.29 is 8.42 Å². The van der Waals surface area contributed by atoms with Crippen molar-refractivity contribution >= 4 is 15.9 Å². The molecule has 122 valence electrons. The second-order valence-corrected chi connectivity index (χ2v) is 8.11. The molecule has 1 aliphatic rings. The lowest BCUT2D eigenvalue weighted by molar-refractivity contribution is 0.408. The number of fused-ring (bicyclic) bond motifs is 2. The molecule has 0 N–H and O–H groups in total. The summed E-state index contributed by atoms with van der Waals surface area (Å²) in [6.07, 6.45) is 0.754. The first-order chi connectivity index (χ1) is 10.9. The predicted molar refractivity (Wildman–Crippen MR) is 93.7 cm³/mol. The van der Waals surface area contributed by atoms with E-state index in [1.807, 2.05) is 56.3 Å². The van der Waals surface area contributed by atoms with Crippen LogP contribution in [0.2, 0.25) is 0 Å². The van der Waals surface area contributed by atoms with Gasteiger partial charge in [0.2, 0.25) is 0 Å². The van der Waals surface area contributed by atoms with E-state index in [0.717, 1.165) is 23.2 Å². The number of para-hydroxylation sites is 1. The van der Waals surface area contributed by atoms with Gasteiger partial charge in [-0.15, -0.1) is 0 Å². The van der Waals surface area contributed by atoms with Gasteiger partial charge in [0, 0.05) is 13.1 Å². The molecule has 2 aromatic carbocycles. The SMILES string of the molecule is CC(C)N(C)S(=O)(=O)N1Cc2ccccc2Cc2ccccc21. The van der Waals surface area contributed by atoms with Crippen LogP contribution >= 0.6 is 0 Å². The van der Waals surface area contributed by atoms with Crippen LogP contribution < -0.4 is 4.31 Å². The maximum Gasteiger partial charge on any atom is 0.304 e. The monoisotopic (exact) mass is 330 g/mol. The maximum atomic E-state index is 13.1. The molecule has 0 saturated heterocycles. The van der Waals surface area contributed by atoms with Crippen molar-refractivity contribution in [2.45, 2.75) is 32.9 Å². The maximum absolute atomic E-state index is 13.1. The second-order valence-electron chi connectivity index (χ2n) is 6.20. The molecule has 0 aliphatic carbocycles. The highest BCUT2D eigenvalue weighted by molar-refractivity contribution is 7.90. The summed E-state index contributed by atoms with van der Waals surface area (Å²) in [6.45, 7) is 4.14. The third kappa shape index (κ3) is 2.86. The van der Waals surface area contributed by atoms with Crippen molar-refractivity contribution in [2.75, 3.05) is 11.4 Å². The van der Waals surface area contributed by atoms with E-state index < -0.39 is 10.2 Å². The van der Waals surface area contributed by atoms with Gasteiger partial charge in [-0.05, 0) is 43.0 Å². The van der Waals surface area contributed by atoms with E-state index in [1.165, 1.54) is 14.2 Å². The molecule has 0 fully saturated rings. The van der Waals surface area contributed by atoms with Crippen molar-refractivity contribution in [1.82, 2.24) is 4.31 Å². The van der Waals surface area contributed by atoms with Crippen LogP contribution in [0.4, 0.5) is 5.69 Å². The topological polar surface area (TPSA) is 40.6 Å². The normalized spacial score (nSPS) is 14.6. The Balaban J connectivity index is 2.16. The van der Waals surface area contributed by atoms with Crippen molar-refractivity contribution in [3.05, 3.63) is 65.2 Å². The fourth-order valence-corrected chi connectivity index (χ4v) is 4.43. The minimum Gasteiger partial charge on any atom is -0.253 e. The van der Waals surface area contributed by atoms with E-state index in [0.29, 0.717) is 6.54 Å². The molecule has 1 heterocycles. The van der Waals surface area contributed by atoms with Crippen LogP contribution in [0.1, 0.15) is 30.5 Å². The van der Waals surface area contributed by atoms with Crippen LogP contribution in [0.3, 0.4) is 0 Å². The van der Waals surface area contributed by atoms with Crippen LogP contribution in [-0.4, -0.2) is 25.8 Å². The molecule has 23 heavy (non-hydrogen) atoms. The fraction of sp³-hybridized carbons (Fsp3) is 0.333. The highest BCUT2D eigenvalue weighted by Crippen LogP contribution is 2.33. The Bertz CT molecular complexity index is 815. The van der Waals surface area contributed by atoms with Gasteiger partial charge < -0.3 is 0 Å². The molecule has 2 aromatic rings. The Labute approximate surface area is 138 Å². The third-order valence-corrected chi connectivity index (χ3v) is 6.48. The van der Waals surface area contributed by atoms with Crippen LogP contribution in [0, 0.1) is 0 Å². The lowest BCUT2D eigenvalue weighted by Crippen LogP contribution is -2.44. The summed E-state index contributed by atoms with van der Waals surface area (Å²) in [5, 5.41) is 0. The molecule has 0 radical (unpaired) electrons. The molecule has 0 bridgehead atoms. The number of anilines is 1. The summed E-state index contributed by atoms with van der Waals surface area (Å²) in [4.78, 5) is 0.